The maximum Gasteiger partial charge on any atom is 0.0611 e. The third kappa shape index (κ3) is 4.10. The molecule has 0 bridgehead atoms. The molecule has 24 heavy (non-hydrogen) atoms. The van der Waals surface area contributed by atoms with Crippen molar-refractivity contribution in [2.75, 3.05) is 6.61 Å². The number of allylic oxidation sites excluding steroid dienone is 2. The van der Waals surface area contributed by atoms with Crippen molar-refractivity contribution in [2.24, 2.45) is 11.7 Å². The van der Waals surface area contributed by atoms with E-state index in [0.717, 1.165) is 25.2 Å². The minimum Gasteiger partial charge on any atom is -0.394 e. The first-order chi connectivity index (χ1) is 11.6. The van der Waals surface area contributed by atoms with Crippen molar-refractivity contribution in [1.29, 1.82) is 0 Å². The Morgan fingerprint density at radius 3 is 2.92 bits per heavy atom. The number of hydrogen-bond donors (Lipinski definition) is 2. The van der Waals surface area contributed by atoms with Gasteiger partial charge in [-0.05, 0) is 73.5 Å². The van der Waals surface area contributed by atoms with E-state index in [1.165, 1.54) is 49.7 Å². The number of hydrogen-bond acceptors (Lipinski definition) is 2. The van der Waals surface area contributed by atoms with E-state index >= 15 is 0 Å². The van der Waals surface area contributed by atoms with Crippen molar-refractivity contribution >= 4 is 0 Å². The van der Waals surface area contributed by atoms with Crippen LogP contribution in [0.15, 0.2) is 30.4 Å². The smallest absolute Gasteiger partial charge is 0.0611 e. The summed E-state index contributed by atoms with van der Waals surface area (Å²) in [5.41, 5.74) is 10.4. The van der Waals surface area contributed by atoms with Crippen LogP contribution in [0.2, 0.25) is 0 Å². The van der Waals surface area contributed by atoms with Gasteiger partial charge in [0, 0.05) is 5.54 Å². The molecular weight excluding hydrogens is 294 g/mol. The van der Waals surface area contributed by atoms with Gasteiger partial charge >= 0.3 is 0 Å². The van der Waals surface area contributed by atoms with Gasteiger partial charge in [-0.15, -0.1) is 0 Å². The number of fused-ring (bicyclic) bond motifs is 1. The van der Waals surface area contributed by atoms with Crippen LogP contribution in [-0.2, 0) is 12.8 Å². The van der Waals surface area contributed by atoms with Crippen LogP contribution in [0, 0.1) is 5.92 Å². The number of unbranched alkanes of at least 4 members (excludes halogenated alkanes) is 2. The van der Waals surface area contributed by atoms with Crippen molar-refractivity contribution in [3.8, 4) is 0 Å². The summed E-state index contributed by atoms with van der Waals surface area (Å²) in [7, 11) is 0. The molecular formula is C22H33NO. The molecule has 1 saturated carbocycles. The fourth-order valence-electron chi connectivity index (χ4n) is 4.42. The fraction of sp³-hybridized carbons (Fsp3) is 0.636. The second-order valence-corrected chi connectivity index (χ2v) is 8.06. The molecule has 3 atom stereocenters. The summed E-state index contributed by atoms with van der Waals surface area (Å²) < 4.78 is 0. The molecule has 2 heteroatoms. The van der Waals surface area contributed by atoms with Gasteiger partial charge in [0.05, 0.1) is 6.61 Å². The number of benzene rings is 1. The first-order valence-corrected chi connectivity index (χ1v) is 9.81. The molecule has 2 nitrogen and oxygen atoms in total. The fourth-order valence-corrected chi connectivity index (χ4v) is 4.42. The highest BCUT2D eigenvalue weighted by atomic mass is 16.3. The zero-order valence-corrected chi connectivity index (χ0v) is 15.1. The van der Waals surface area contributed by atoms with Gasteiger partial charge in [-0.1, -0.05) is 50.1 Å². The van der Waals surface area contributed by atoms with Crippen molar-refractivity contribution < 1.29 is 5.11 Å². The van der Waals surface area contributed by atoms with Crippen LogP contribution < -0.4 is 5.73 Å². The molecule has 0 spiro atoms. The topological polar surface area (TPSA) is 46.2 Å². The molecule has 2 aliphatic carbocycles. The molecule has 0 aromatic heterocycles. The van der Waals surface area contributed by atoms with Gasteiger partial charge in [0.15, 0.2) is 0 Å². The van der Waals surface area contributed by atoms with Crippen LogP contribution >= 0.6 is 0 Å². The summed E-state index contributed by atoms with van der Waals surface area (Å²) in [5.74, 6) is 1.25. The lowest BCUT2D eigenvalue weighted by Gasteiger charge is -2.25. The number of rotatable bonds is 6. The van der Waals surface area contributed by atoms with E-state index in [0.29, 0.717) is 5.92 Å². The molecule has 2 aliphatic rings. The Hall–Kier alpha value is -1.12. The number of aryl methyl sites for hydroxylation is 1. The zero-order chi connectivity index (χ0) is 17.0. The second-order valence-electron chi connectivity index (χ2n) is 8.06. The van der Waals surface area contributed by atoms with E-state index < -0.39 is 0 Å². The first kappa shape index (κ1) is 17.7. The molecule has 1 aromatic carbocycles. The zero-order valence-electron chi connectivity index (χ0n) is 15.1. The van der Waals surface area contributed by atoms with Crippen molar-refractivity contribution in [1.82, 2.24) is 0 Å². The van der Waals surface area contributed by atoms with Gasteiger partial charge < -0.3 is 10.8 Å². The summed E-state index contributed by atoms with van der Waals surface area (Å²) in [5, 5.41) is 9.48. The minimum absolute atomic E-state index is 0.112. The van der Waals surface area contributed by atoms with E-state index in [1.54, 1.807) is 5.56 Å². The summed E-state index contributed by atoms with van der Waals surface area (Å²) in [4.78, 5) is 0. The lowest BCUT2D eigenvalue weighted by molar-refractivity contribution is 0.198. The summed E-state index contributed by atoms with van der Waals surface area (Å²) in [6.07, 6.45) is 15.3. The van der Waals surface area contributed by atoms with Crippen molar-refractivity contribution in [3.63, 3.8) is 0 Å². The first-order valence-electron chi connectivity index (χ1n) is 9.81. The van der Waals surface area contributed by atoms with E-state index in [1.807, 2.05) is 0 Å². The Morgan fingerprint density at radius 2 is 2.17 bits per heavy atom. The molecule has 0 heterocycles. The minimum atomic E-state index is -0.352. The van der Waals surface area contributed by atoms with Gasteiger partial charge in [-0.25, -0.2) is 0 Å². The van der Waals surface area contributed by atoms with E-state index in [2.05, 4.69) is 37.3 Å². The lowest BCUT2D eigenvalue weighted by Crippen LogP contribution is -2.40. The predicted octanol–water partition coefficient (Wildman–Crippen LogP) is 4.50. The molecule has 132 valence electrons. The third-order valence-electron chi connectivity index (χ3n) is 6.06. The Kier molecular flexibility index (Phi) is 5.78. The molecule has 0 saturated heterocycles. The van der Waals surface area contributed by atoms with Crippen LogP contribution in [0.5, 0.6) is 0 Å². The van der Waals surface area contributed by atoms with Crippen LogP contribution in [0.3, 0.4) is 0 Å². The molecule has 0 amide bonds. The summed E-state index contributed by atoms with van der Waals surface area (Å²) >= 11 is 0. The number of aliphatic hydroxyl groups is 1. The largest absolute Gasteiger partial charge is 0.394 e. The van der Waals surface area contributed by atoms with Crippen LogP contribution in [-0.4, -0.2) is 17.3 Å². The monoisotopic (exact) mass is 327 g/mol. The number of aliphatic hydroxyl groups excluding tert-OH is 1. The lowest BCUT2D eigenvalue weighted by atomic mass is 9.81. The quantitative estimate of drug-likeness (QED) is 0.597. The summed E-state index contributed by atoms with van der Waals surface area (Å²) in [6.45, 7) is 2.36. The highest BCUT2D eigenvalue weighted by Gasteiger charge is 2.36. The van der Waals surface area contributed by atoms with Crippen LogP contribution in [0.4, 0.5) is 0 Å². The third-order valence-corrected chi connectivity index (χ3v) is 6.06. The van der Waals surface area contributed by atoms with Crippen molar-refractivity contribution in [2.45, 2.75) is 76.2 Å². The standard InChI is InChI=1S/C22H33NO/c1-2-3-4-5-6-17-7-8-19-14-20(10-9-18(19)13-17)21-11-12-22(23,15-21)16-24/h5-6,9-10,14,17,21,24H,2-4,7-8,11-13,15-16,23H2,1H3/b6-5+/t17?,21-,22+/m0/s1. The SMILES string of the molecule is CCCC/C=C/C1CCc2cc([C@H]3CC[C@](N)(CO)C3)ccc2C1. The van der Waals surface area contributed by atoms with Crippen molar-refractivity contribution in [3.05, 3.63) is 47.0 Å². The average molecular weight is 328 g/mol. The maximum atomic E-state index is 9.48. The molecule has 3 N–H and O–H groups in total. The normalized spacial score (nSPS) is 30.0. The predicted molar refractivity (Wildman–Crippen MR) is 101 cm³/mol. The van der Waals surface area contributed by atoms with E-state index in [-0.39, 0.29) is 12.1 Å². The average Bonchev–Trinajstić information content (AvgIpc) is 3.01. The Morgan fingerprint density at radius 1 is 1.29 bits per heavy atom. The second kappa shape index (κ2) is 7.84. The highest BCUT2D eigenvalue weighted by Crippen LogP contribution is 2.40. The van der Waals surface area contributed by atoms with E-state index in [4.69, 9.17) is 5.73 Å². The van der Waals surface area contributed by atoms with Gasteiger partial charge in [-0.3, -0.25) is 0 Å². The Bertz CT molecular complexity index is 579. The molecule has 3 rings (SSSR count). The molecule has 1 unspecified atom stereocenters. The van der Waals surface area contributed by atoms with Gasteiger partial charge in [0.1, 0.15) is 0 Å². The van der Waals surface area contributed by atoms with E-state index in [9.17, 15) is 5.11 Å². The summed E-state index contributed by atoms with van der Waals surface area (Å²) in [6, 6.07) is 7.10. The Labute approximate surface area is 147 Å². The maximum absolute atomic E-state index is 9.48. The highest BCUT2D eigenvalue weighted by molar-refractivity contribution is 5.37. The van der Waals surface area contributed by atoms with Crippen LogP contribution in [0.1, 0.15) is 74.5 Å². The number of nitrogens with two attached hydrogens (primary N) is 1. The van der Waals surface area contributed by atoms with Gasteiger partial charge in [0.25, 0.3) is 0 Å². The van der Waals surface area contributed by atoms with Gasteiger partial charge in [-0.2, -0.15) is 0 Å². The molecule has 0 radical (unpaired) electrons. The van der Waals surface area contributed by atoms with Crippen LogP contribution in [0.25, 0.3) is 0 Å². The van der Waals surface area contributed by atoms with Gasteiger partial charge in [0.2, 0.25) is 0 Å². The Balaban J connectivity index is 1.63. The molecule has 1 aromatic rings. The molecule has 0 aliphatic heterocycles. The molecule has 1 fully saturated rings.